The van der Waals surface area contributed by atoms with E-state index < -0.39 is 0 Å². The molecule has 2 aromatic carbocycles. The monoisotopic (exact) mass is 375 g/mol. The Bertz CT molecular complexity index is 992. The van der Waals surface area contributed by atoms with E-state index in [0.29, 0.717) is 0 Å². The number of nitrogens with one attached hydrogen (secondary N) is 1. The molecule has 3 aromatic rings. The van der Waals surface area contributed by atoms with Crippen LogP contribution in [0.4, 0.5) is 5.69 Å². The second-order valence-electron chi connectivity index (χ2n) is 7.40. The normalized spacial score (nSPS) is 14.9. The Morgan fingerprint density at radius 2 is 1.96 bits per heavy atom. The molecule has 1 N–H and O–H groups in total. The number of rotatable bonds is 7. The molecule has 0 radical (unpaired) electrons. The number of fused-ring (bicyclic) bond motifs is 1. The molecule has 2 heterocycles. The van der Waals surface area contributed by atoms with Gasteiger partial charge < -0.3 is 4.98 Å². The molecule has 0 unspecified atom stereocenters. The Balaban J connectivity index is 1.28. The Morgan fingerprint density at radius 1 is 1.11 bits per heavy atom. The van der Waals surface area contributed by atoms with Crippen LogP contribution in [0.15, 0.2) is 60.8 Å². The number of aromatic nitrogens is 1. The molecule has 0 saturated carbocycles. The summed E-state index contributed by atoms with van der Waals surface area (Å²) in [6.07, 6.45) is 8.62. The van der Waals surface area contributed by atoms with Gasteiger partial charge in [-0.2, -0.15) is 0 Å². The van der Waals surface area contributed by atoms with E-state index in [0.717, 1.165) is 56.2 Å². The lowest BCUT2D eigenvalue weighted by Crippen LogP contribution is -2.29. The van der Waals surface area contributed by atoms with Gasteiger partial charge in [-0.3, -0.25) is 15.0 Å². The molecule has 5 nitrogen and oxygen atoms in total. The van der Waals surface area contributed by atoms with Crippen LogP contribution in [0, 0.1) is 10.1 Å². The molecule has 4 rings (SSSR count). The first kappa shape index (κ1) is 18.4. The van der Waals surface area contributed by atoms with Crippen LogP contribution in [-0.2, 0) is 6.42 Å². The van der Waals surface area contributed by atoms with Crippen LogP contribution < -0.4 is 0 Å². The van der Waals surface area contributed by atoms with Gasteiger partial charge in [0.25, 0.3) is 5.69 Å². The maximum Gasteiger partial charge on any atom is 0.270 e. The Labute approximate surface area is 164 Å². The van der Waals surface area contributed by atoms with Gasteiger partial charge in [0.15, 0.2) is 0 Å². The van der Waals surface area contributed by atoms with Gasteiger partial charge in [-0.05, 0) is 55.0 Å². The fourth-order valence-corrected chi connectivity index (χ4v) is 3.97. The number of hydrogen-bond acceptors (Lipinski definition) is 3. The summed E-state index contributed by atoms with van der Waals surface area (Å²) in [5.74, 6) is 0. The maximum atomic E-state index is 11.0. The lowest BCUT2D eigenvalue weighted by molar-refractivity contribution is -0.384. The van der Waals surface area contributed by atoms with Crippen molar-refractivity contribution in [1.82, 2.24) is 9.88 Å². The van der Waals surface area contributed by atoms with Crippen LogP contribution in [0.1, 0.15) is 30.4 Å². The summed E-state index contributed by atoms with van der Waals surface area (Å²) in [6.45, 7) is 3.23. The predicted octanol–water partition coefficient (Wildman–Crippen LogP) is 5.19. The van der Waals surface area contributed by atoms with Crippen molar-refractivity contribution >= 4 is 22.2 Å². The van der Waals surface area contributed by atoms with Crippen molar-refractivity contribution in [1.29, 1.82) is 0 Å². The molecule has 0 saturated heterocycles. The third kappa shape index (κ3) is 4.15. The highest BCUT2D eigenvalue weighted by atomic mass is 16.6. The molecule has 0 aliphatic carbocycles. The number of benzene rings is 2. The van der Waals surface area contributed by atoms with Gasteiger partial charge in [-0.15, -0.1) is 0 Å². The number of aryl methyl sites for hydroxylation is 1. The summed E-state index contributed by atoms with van der Waals surface area (Å²) >= 11 is 0. The number of non-ortho nitro benzene ring substituents is 1. The van der Waals surface area contributed by atoms with Crippen LogP contribution >= 0.6 is 0 Å². The number of H-pyrrole nitrogens is 1. The van der Waals surface area contributed by atoms with Gasteiger partial charge in [-0.25, -0.2) is 0 Å². The highest BCUT2D eigenvalue weighted by Gasteiger charge is 2.13. The quantitative estimate of drug-likeness (QED) is 0.351. The maximum absolute atomic E-state index is 11.0. The molecule has 144 valence electrons. The van der Waals surface area contributed by atoms with Gasteiger partial charge >= 0.3 is 0 Å². The number of nitrogens with zero attached hydrogens (tertiary/aromatic N) is 2. The molecule has 1 aliphatic rings. The zero-order valence-electron chi connectivity index (χ0n) is 15.9. The van der Waals surface area contributed by atoms with Gasteiger partial charge in [0.05, 0.1) is 4.92 Å². The first-order valence-corrected chi connectivity index (χ1v) is 9.92. The minimum atomic E-state index is -0.330. The van der Waals surface area contributed by atoms with E-state index in [1.165, 1.54) is 16.7 Å². The lowest BCUT2D eigenvalue weighted by Gasteiger charge is -2.26. The largest absolute Gasteiger partial charge is 0.361 e. The Hall–Kier alpha value is -2.92. The number of nitro groups is 1. The molecule has 0 amide bonds. The van der Waals surface area contributed by atoms with E-state index in [1.54, 1.807) is 18.2 Å². The van der Waals surface area contributed by atoms with Crippen molar-refractivity contribution in [3.63, 3.8) is 0 Å². The van der Waals surface area contributed by atoms with Crippen LogP contribution in [0.5, 0.6) is 0 Å². The SMILES string of the molecule is O=[N+]([O-])c1ccc2[nH]cc(CCCCN3CC=C(c4ccccc4)CC3)c2c1. The van der Waals surface area contributed by atoms with E-state index in [4.69, 9.17) is 0 Å². The first-order chi connectivity index (χ1) is 13.7. The molecule has 0 bridgehead atoms. The number of aromatic amines is 1. The molecule has 5 heteroatoms. The average molecular weight is 375 g/mol. The molecule has 0 spiro atoms. The van der Waals surface area contributed by atoms with Crippen molar-refractivity contribution in [2.75, 3.05) is 19.6 Å². The molecule has 0 fully saturated rings. The Kier molecular flexibility index (Phi) is 5.53. The third-order valence-corrected chi connectivity index (χ3v) is 5.57. The number of nitro benzene ring substituents is 1. The van der Waals surface area contributed by atoms with E-state index in [-0.39, 0.29) is 10.6 Å². The summed E-state index contributed by atoms with van der Waals surface area (Å²) < 4.78 is 0. The second kappa shape index (κ2) is 8.40. The third-order valence-electron chi connectivity index (χ3n) is 5.57. The smallest absolute Gasteiger partial charge is 0.270 e. The zero-order chi connectivity index (χ0) is 19.3. The first-order valence-electron chi connectivity index (χ1n) is 9.92. The summed E-state index contributed by atoms with van der Waals surface area (Å²) in [7, 11) is 0. The molecular formula is C23H25N3O2. The molecule has 1 aromatic heterocycles. The molecule has 0 atom stereocenters. The van der Waals surface area contributed by atoms with E-state index in [1.807, 2.05) is 6.20 Å². The highest BCUT2D eigenvalue weighted by molar-refractivity contribution is 5.85. The van der Waals surface area contributed by atoms with Crippen molar-refractivity contribution in [2.45, 2.75) is 25.7 Å². The van der Waals surface area contributed by atoms with E-state index in [2.05, 4.69) is 46.3 Å². The zero-order valence-corrected chi connectivity index (χ0v) is 15.9. The fourth-order valence-electron chi connectivity index (χ4n) is 3.97. The van der Waals surface area contributed by atoms with Gasteiger partial charge in [-0.1, -0.05) is 36.4 Å². The topological polar surface area (TPSA) is 62.2 Å². The second-order valence-corrected chi connectivity index (χ2v) is 7.40. The summed E-state index contributed by atoms with van der Waals surface area (Å²) in [6, 6.07) is 15.7. The predicted molar refractivity (Wildman–Crippen MR) is 113 cm³/mol. The molecular weight excluding hydrogens is 350 g/mol. The fraction of sp³-hybridized carbons (Fsp3) is 0.304. The Morgan fingerprint density at radius 3 is 2.71 bits per heavy atom. The standard InChI is InChI=1S/C23H25N3O2/c27-26(28)21-9-10-23-22(16-21)20(17-24-23)8-4-5-13-25-14-11-19(12-15-25)18-6-2-1-3-7-18/h1-3,6-7,9-11,16-17,24H,4-5,8,12-15H2. The highest BCUT2D eigenvalue weighted by Crippen LogP contribution is 2.25. The summed E-state index contributed by atoms with van der Waals surface area (Å²) in [5, 5.41) is 12.0. The number of unbranched alkanes of at least 4 members (excludes halogenated alkanes) is 1. The van der Waals surface area contributed by atoms with Gasteiger partial charge in [0, 0.05) is 42.3 Å². The summed E-state index contributed by atoms with van der Waals surface area (Å²) in [5.41, 5.74) is 5.09. The van der Waals surface area contributed by atoms with Gasteiger partial charge in [0.2, 0.25) is 0 Å². The lowest BCUT2D eigenvalue weighted by atomic mass is 9.99. The van der Waals surface area contributed by atoms with Crippen molar-refractivity contribution < 1.29 is 4.92 Å². The average Bonchev–Trinajstić information content (AvgIpc) is 3.14. The van der Waals surface area contributed by atoms with Gasteiger partial charge in [0.1, 0.15) is 0 Å². The number of hydrogen-bond donors (Lipinski definition) is 1. The van der Waals surface area contributed by atoms with Crippen LogP contribution in [0.2, 0.25) is 0 Å². The van der Waals surface area contributed by atoms with E-state index >= 15 is 0 Å². The minimum absolute atomic E-state index is 0.155. The molecule has 1 aliphatic heterocycles. The van der Waals surface area contributed by atoms with Crippen LogP contribution in [0.3, 0.4) is 0 Å². The van der Waals surface area contributed by atoms with Crippen molar-refractivity contribution in [3.05, 3.63) is 82.0 Å². The van der Waals surface area contributed by atoms with Crippen LogP contribution in [-0.4, -0.2) is 34.4 Å². The van der Waals surface area contributed by atoms with E-state index in [9.17, 15) is 10.1 Å². The van der Waals surface area contributed by atoms with Crippen molar-refractivity contribution in [3.8, 4) is 0 Å². The minimum Gasteiger partial charge on any atom is -0.361 e. The van der Waals surface area contributed by atoms with Crippen molar-refractivity contribution in [2.24, 2.45) is 0 Å². The van der Waals surface area contributed by atoms with Crippen LogP contribution in [0.25, 0.3) is 16.5 Å². The molecule has 28 heavy (non-hydrogen) atoms. The summed E-state index contributed by atoms with van der Waals surface area (Å²) in [4.78, 5) is 16.4.